The number of rotatable bonds is 1. The minimum Gasteiger partial charge on any atom is -0.370 e. The standard InChI is InChI=1S/C11H24OSi/c1-10(2)8-9(13(5,6)7)11(3,4)12-10/h9H,8H2,1-7H3. The van der Waals surface area contributed by atoms with Gasteiger partial charge < -0.3 is 4.74 Å². The summed E-state index contributed by atoms with van der Waals surface area (Å²) in [7, 11) is -1.07. The van der Waals surface area contributed by atoms with Crippen molar-refractivity contribution in [3.05, 3.63) is 0 Å². The molecule has 1 unspecified atom stereocenters. The molecule has 78 valence electrons. The summed E-state index contributed by atoms with van der Waals surface area (Å²) < 4.78 is 6.11. The third kappa shape index (κ3) is 2.35. The summed E-state index contributed by atoms with van der Waals surface area (Å²) in [5.74, 6) is 0. The Hall–Kier alpha value is 0.177. The molecule has 13 heavy (non-hydrogen) atoms. The van der Waals surface area contributed by atoms with Crippen LogP contribution in [0.25, 0.3) is 0 Å². The Bertz CT molecular complexity index is 201. The average molecular weight is 200 g/mol. The fourth-order valence-corrected chi connectivity index (χ4v) is 6.16. The van der Waals surface area contributed by atoms with Crippen molar-refractivity contribution in [3.63, 3.8) is 0 Å². The Balaban J connectivity index is 2.89. The van der Waals surface area contributed by atoms with E-state index in [0.717, 1.165) is 5.54 Å². The van der Waals surface area contributed by atoms with Crippen molar-refractivity contribution < 1.29 is 4.74 Å². The first-order valence-electron chi connectivity index (χ1n) is 5.25. The summed E-state index contributed by atoms with van der Waals surface area (Å²) in [5, 5.41) is 0. The molecule has 1 atom stereocenters. The van der Waals surface area contributed by atoms with E-state index in [-0.39, 0.29) is 11.2 Å². The highest BCUT2D eigenvalue weighted by Crippen LogP contribution is 2.50. The van der Waals surface area contributed by atoms with Crippen LogP contribution >= 0.6 is 0 Å². The maximum atomic E-state index is 6.11. The van der Waals surface area contributed by atoms with Crippen LogP contribution in [0.3, 0.4) is 0 Å². The Morgan fingerprint density at radius 1 is 1.08 bits per heavy atom. The molecule has 0 aliphatic carbocycles. The van der Waals surface area contributed by atoms with E-state index < -0.39 is 8.07 Å². The third-order valence-corrected chi connectivity index (χ3v) is 6.11. The minimum atomic E-state index is -1.07. The van der Waals surface area contributed by atoms with Gasteiger partial charge >= 0.3 is 0 Å². The van der Waals surface area contributed by atoms with Crippen molar-refractivity contribution in [1.29, 1.82) is 0 Å². The van der Waals surface area contributed by atoms with Gasteiger partial charge in [0.1, 0.15) is 0 Å². The molecule has 1 saturated heterocycles. The molecule has 2 heteroatoms. The van der Waals surface area contributed by atoms with Crippen LogP contribution in [0.1, 0.15) is 34.1 Å². The summed E-state index contributed by atoms with van der Waals surface area (Å²) in [6.45, 7) is 16.3. The second-order valence-electron chi connectivity index (χ2n) is 6.59. The molecule has 1 aliphatic rings. The van der Waals surface area contributed by atoms with Crippen LogP contribution < -0.4 is 0 Å². The Morgan fingerprint density at radius 3 is 1.69 bits per heavy atom. The highest BCUT2D eigenvalue weighted by Gasteiger charge is 2.50. The SMILES string of the molecule is CC1(C)CC([Si](C)(C)C)C(C)(C)O1. The van der Waals surface area contributed by atoms with Gasteiger partial charge in [0.2, 0.25) is 0 Å². The predicted molar refractivity (Wildman–Crippen MR) is 61.0 cm³/mol. The summed E-state index contributed by atoms with van der Waals surface area (Å²) in [5.41, 5.74) is 0.970. The maximum absolute atomic E-state index is 6.11. The van der Waals surface area contributed by atoms with Gasteiger partial charge in [-0.1, -0.05) is 19.6 Å². The predicted octanol–water partition coefficient (Wildman–Crippen LogP) is 3.67. The lowest BCUT2D eigenvalue weighted by atomic mass is 10.00. The lowest BCUT2D eigenvalue weighted by Gasteiger charge is -2.34. The van der Waals surface area contributed by atoms with Gasteiger partial charge in [-0.25, -0.2) is 0 Å². The first-order chi connectivity index (χ1) is 5.55. The van der Waals surface area contributed by atoms with E-state index in [0.29, 0.717) is 0 Å². The van der Waals surface area contributed by atoms with Gasteiger partial charge in [-0.3, -0.25) is 0 Å². The van der Waals surface area contributed by atoms with Gasteiger partial charge in [0.05, 0.1) is 19.3 Å². The Labute approximate surface area is 83.9 Å². The monoisotopic (exact) mass is 200 g/mol. The summed E-state index contributed by atoms with van der Waals surface area (Å²) >= 11 is 0. The molecule has 1 fully saturated rings. The van der Waals surface area contributed by atoms with Gasteiger partial charge in [-0.15, -0.1) is 0 Å². The van der Waals surface area contributed by atoms with Crippen molar-refractivity contribution in [2.24, 2.45) is 0 Å². The minimum absolute atomic E-state index is 0.0912. The second kappa shape index (κ2) is 2.83. The molecule has 0 aromatic carbocycles. The van der Waals surface area contributed by atoms with Crippen molar-refractivity contribution >= 4 is 8.07 Å². The van der Waals surface area contributed by atoms with Crippen LogP contribution in [0.2, 0.25) is 25.2 Å². The summed E-state index contributed by atoms with van der Waals surface area (Å²) in [6.07, 6.45) is 1.23. The Morgan fingerprint density at radius 2 is 1.54 bits per heavy atom. The molecule has 1 heterocycles. The first-order valence-corrected chi connectivity index (χ1v) is 8.82. The lowest BCUT2D eigenvalue weighted by Crippen LogP contribution is -2.39. The smallest absolute Gasteiger partial charge is 0.0639 e. The zero-order valence-electron chi connectivity index (χ0n) is 10.2. The highest BCUT2D eigenvalue weighted by molar-refractivity contribution is 6.77. The number of hydrogen-bond acceptors (Lipinski definition) is 1. The van der Waals surface area contributed by atoms with E-state index in [4.69, 9.17) is 4.74 Å². The fraction of sp³-hybridized carbons (Fsp3) is 1.00. The third-order valence-electron chi connectivity index (χ3n) is 3.12. The molecule has 1 aliphatic heterocycles. The molecule has 0 saturated carbocycles. The molecule has 1 rings (SSSR count). The topological polar surface area (TPSA) is 9.23 Å². The summed E-state index contributed by atoms with van der Waals surface area (Å²) in [6, 6.07) is 0. The molecule has 0 N–H and O–H groups in total. The van der Waals surface area contributed by atoms with Crippen LogP contribution in [-0.4, -0.2) is 19.3 Å². The van der Waals surface area contributed by atoms with Crippen LogP contribution in [0.15, 0.2) is 0 Å². The van der Waals surface area contributed by atoms with Crippen LogP contribution in [0.5, 0.6) is 0 Å². The van der Waals surface area contributed by atoms with E-state index in [9.17, 15) is 0 Å². The van der Waals surface area contributed by atoms with Gasteiger partial charge in [0.15, 0.2) is 0 Å². The molecule has 0 spiro atoms. The zero-order chi connectivity index (χ0) is 10.5. The normalized spacial score (nSPS) is 32.1. The molecule has 0 radical (unpaired) electrons. The van der Waals surface area contributed by atoms with Crippen molar-refractivity contribution in [3.8, 4) is 0 Å². The molecule has 0 aromatic rings. The van der Waals surface area contributed by atoms with Crippen molar-refractivity contribution in [2.45, 2.75) is 70.5 Å². The zero-order valence-corrected chi connectivity index (χ0v) is 11.2. The van der Waals surface area contributed by atoms with E-state index >= 15 is 0 Å². The number of ether oxygens (including phenoxy) is 1. The highest BCUT2D eigenvalue weighted by atomic mass is 28.3. The van der Waals surface area contributed by atoms with Crippen LogP contribution in [-0.2, 0) is 4.74 Å². The van der Waals surface area contributed by atoms with E-state index in [1.54, 1.807) is 0 Å². The largest absolute Gasteiger partial charge is 0.370 e. The van der Waals surface area contributed by atoms with Crippen LogP contribution in [0.4, 0.5) is 0 Å². The molecule has 0 amide bonds. The van der Waals surface area contributed by atoms with Gasteiger partial charge in [-0.05, 0) is 39.7 Å². The molecule has 0 aromatic heterocycles. The van der Waals surface area contributed by atoms with Gasteiger partial charge in [0, 0.05) is 0 Å². The van der Waals surface area contributed by atoms with E-state index in [1.807, 2.05) is 0 Å². The van der Waals surface area contributed by atoms with E-state index in [2.05, 4.69) is 47.3 Å². The maximum Gasteiger partial charge on any atom is 0.0639 e. The van der Waals surface area contributed by atoms with E-state index in [1.165, 1.54) is 6.42 Å². The number of hydrogen-bond donors (Lipinski definition) is 0. The summed E-state index contributed by atoms with van der Waals surface area (Å²) in [4.78, 5) is 0. The van der Waals surface area contributed by atoms with Crippen molar-refractivity contribution in [1.82, 2.24) is 0 Å². The molecule has 1 nitrogen and oxygen atoms in total. The Kier molecular flexibility index (Phi) is 2.45. The average Bonchev–Trinajstić information content (AvgIpc) is 1.97. The van der Waals surface area contributed by atoms with Crippen LogP contribution in [0, 0.1) is 0 Å². The van der Waals surface area contributed by atoms with Crippen molar-refractivity contribution in [2.75, 3.05) is 0 Å². The van der Waals surface area contributed by atoms with Gasteiger partial charge in [0.25, 0.3) is 0 Å². The quantitative estimate of drug-likeness (QED) is 0.587. The second-order valence-corrected chi connectivity index (χ2v) is 12.0. The first kappa shape index (κ1) is 11.3. The molecular weight excluding hydrogens is 176 g/mol. The molecule has 0 bridgehead atoms. The molecular formula is C11H24OSi. The van der Waals surface area contributed by atoms with Gasteiger partial charge in [-0.2, -0.15) is 0 Å². The fourth-order valence-electron chi connectivity index (χ4n) is 2.91. The lowest BCUT2D eigenvalue weighted by molar-refractivity contribution is -0.0645.